The summed E-state index contributed by atoms with van der Waals surface area (Å²) in [6.07, 6.45) is 1.38. The molecule has 12 nitrogen and oxygen atoms in total. The summed E-state index contributed by atoms with van der Waals surface area (Å²) in [6.45, 7) is 5.38. The summed E-state index contributed by atoms with van der Waals surface area (Å²) < 4.78 is 41.0. The first-order valence-electron chi connectivity index (χ1n) is 14.5. The first kappa shape index (κ1) is 34.6. The van der Waals surface area contributed by atoms with E-state index in [2.05, 4.69) is 21.2 Å². The van der Waals surface area contributed by atoms with Crippen molar-refractivity contribution in [1.29, 1.82) is 0 Å². The van der Waals surface area contributed by atoms with Crippen molar-refractivity contribution in [2.75, 3.05) is 26.9 Å². The number of hydrogen-bond donors (Lipinski definition) is 3. The zero-order valence-electron chi connectivity index (χ0n) is 26.1. The van der Waals surface area contributed by atoms with Crippen LogP contribution in [0.4, 0.5) is 9.18 Å². The van der Waals surface area contributed by atoms with Gasteiger partial charge < -0.3 is 34.3 Å². The lowest BCUT2D eigenvalue weighted by atomic mass is 9.95. The van der Waals surface area contributed by atoms with Crippen LogP contribution < -0.4 is 35.0 Å². The Morgan fingerprint density at radius 1 is 1.00 bits per heavy atom. The van der Waals surface area contributed by atoms with E-state index in [4.69, 9.17) is 35.3 Å². The summed E-state index contributed by atoms with van der Waals surface area (Å²) in [5.41, 5.74) is 4.83. The second kappa shape index (κ2) is 16.3. The van der Waals surface area contributed by atoms with E-state index in [0.717, 1.165) is 5.56 Å². The molecule has 0 spiro atoms. The van der Waals surface area contributed by atoms with Crippen LogP contribution in [0.2, 0.25) is 5.02 Å². The van der Waals surface area contributed by atoms with Crippen LogP contribution in [-0.2, 0) is 20.9 Å². The Kier molecular flexibility index (Phi) is 12.0. The number of allylic oxidation sites excluding steroid dienone is 1. The van der Waals surface area contributed by atoms with E-state index in [0.29, 0.717) is 34.9 Å². The van der Waals surface area contributed by atoms with E-state index in [-0.39, 0.29) is 41.1 Å². The second-order valence-corrected chi connectivity index (χ2v) is 10.4. The lowest BCUT2D eigenvalue weighted by molar-refractivity contribution is -0.139. The Balaban J connectivity index is 1.38. The number of halogens is 2. The standard InChI is InChI=1S/C33H34ClFN4O8/c1-5-44-27-14-21(13-24(34)31(27)47-17-20-7-10-23(35)11-8-20)16-36-39-28(40)18-46-25-12-9-22(15-26(25)43-4)30-29(32(41)45-6-2)19(3)37-33(42)38-30/h7-16,30H,5-6,17-18H2,1-4H3,(H,39,40)(H2,37,38,42)/b36-16-/t30-/m1/s1. The molecule has 1 aliphatic heterocycles. The summed E-state index contributed by atoms with van der Waals surface area (Å²) >= 11 is 6.47. The summed E-state index contributed by atoms with van der Waals surface area (Å²) in [6, 6.07) is 12.7. The summed E-state index contributed by atoms with van der Waals surface area (Å²) in [5, 5.41) is 9.54. The van der Waals surface area contributed by atoms with Gasteiger partial charge in [0.15, 0.2) is 29.6 Å². The molecule has 1 aliphatic rings. The zero-order valence-corrected chi connectivity index (χ0v) is 26.9. The number of nitrogens with one attached hydrogen (secondary N) is 3. The van der Waals surface area contributed by atoms with Gasteiger partial charge in [0.05, 0.1) is 43.2 Å². The fourth-order valence-corrected chi connectivity index (χ4v) is 4.84. The van der Waals surface area contributed by atoms with Gasteiger partial charge in [-0.3, -0.25) is 4.79 Å². The molecule has 3 aromatic rings. The van der Waals surface area contributed by atoms with E-state index in [9.17, 15) is 18.8 Å². The van der Waals surface area contributed by atoms with Crippen molar-refractivity contribution >= 4 is 35.7 Å². The Hall–Kier alpha value is -5.30. The maximum absolute atomic E-state index is 13.2. The number of hydrazone groups is 1. The number of carbonyl (C=O) groups excluding carboxylic acids is 3. The van der Waals surface area contributed by atoms with Crippen LogP contribution in [0.25, 0.3) is 0 Å². The van der Waals surface area contributed by atoms with Crippen LogP contribution in [0.15, 0.2) is 71.0 Å². The highest BCUT2D eigenvalue weighted by Crippen LogP contribution is 2.37. The highest BCUT2D eigenvalue weighted by Gasteiger charge is 2.32. The normalized spacial score (nSPS) is 14.3. The molecule has 14 heteroatoms. The topological polar surface area (TPSA) is 146 Å². The molecule has 0 aromatic heterocycles. The molecule has 0 saturated carbocycles. The minimum atomic E-state index is -0.796. The van der Waals surface area contributed by atoms with Gasteiger partial charge in [-0.25, -0.2) is 19.4 Å². The fourth-order valence-electron chi connectivity index (χ4n) is 4.56. The molecule has 3 amide bonds. The number of urea groups is 1. The SMILES string of the molecule is CCOC(=O)C1=C(C)NC(=O)N[C@@H]1c1ccc(OCC(=O)N/N=C\c2cc(Cl)c(OCc3ccc(F)cc3)c(OCC)c2)c(OC)c1. The van der Waals surface area contributed by atoms with Crippen LogP contribution in [0.5, 0.6) is 23.0 Å². The first-order chi connectivity index (χ1) is 22.6. The summed E-state index contributed by atoms with van der Waals surface area (Å²) in [4.78, 5) is 37.3. The van der Waals surface area contributed by atoms with E-state index < -0.39 is 30.6 Å². The van der Waals surface area contributed by atoms with Crippen LogP contribution in [0.3, 0.4) is 0 Å². The monoisotopic (exact) mass is 668 g/mol. The number of esters is 1. The molecule has 3 aromatic carbocycles. The average Bonchev–Trinajstić information content (AvgIpc) is 3.04. The third-order valence-electron chi connectivity index (χ3n) is 6.68. The minimum Gasteiger partial charge on any atom is -0.493 e. The van der Waals surface area contributed by atoms with Crippen molar-refractivity contribution in [3.05, 3.63) is 93.4 Å². The molecule has 0 bridgehead atoms. The molecule has 0 unspecified atom stereocenters. The predicted octanol–water partition coefficient (Wildman–Crippen LogP) is 5.19. The van der Waals surface area contributed by atoms with Gasteiger partial charge in [-0.1, -0.05) is 29.8 Å². The predicted molar refractivity (Wildman–Crippen MR) is 171 cm³/mol. The van der Waals surface area contributed by atoms with Crippen molar-refractivity contribution in [2.24, 2.45) is 5.10 Å². The lowest BCUT2D eigenvalue weighted by Gasteiger charge is -2.28. The van der Waals surface area contributed by atoms with E-state index >= 15 is 0 Å². The molecule has 4 rings (SSSR count). The Bertz CT molecular complexity index is 1680. The van der Waals surface area contributed by atoms with Crippen molar-refractivity contribution in [3.63, 3.8) is 0 Å². The van der Waals surface area contributed by atoms with Crippen molar-refractivity contribution in [1.82, 2.24) is 16.1 Å². The van der Waals surface area contributed by atoms with E-state index in [1.54, 1.807) is 56.3 Å². The van der Waals surface area contributed by atoms with Gasteiger partial charge in [0.25, 0.3) is 5.91 Å². The van der Waals surface area contributed by atoms with Gasteiger partial charge in [-0.2, -0.15) is 5.10 Å². The Morgan fingerprint density at radius 2 is 1.77 bits per heavy atom. The maximum atomic E-state index is 13.2. The van der Waals surface area contributed by atoms with Gasteiger partial charge in [0.1, 0.15) is 12.4 Å². The number of methoxy groups -OCH3 is 1. The molecular formula is C33H34ClFN4O8. The third-order valence-corrected chi connectivity index (χ3v) is 6.96. The second-order valence-electron chi connectivity index (χ2n) is 9.96. The van der Waals surface area contributed by atoms with Gasteiger partial charge in [-0.15, -0.1) is 0 Å². The van der Waals surface area contributed by atoms with E-state index in [1.807, 2.05) is 6.92 Å². The van der Waals surface area contributed by atoms with Crippen molar-refractivity contribution < 1.29 is 42.5 Å². The van der Waals surface area contributed by atoms with Crippen molar-refractivity contribution in [2.45, 2.75) is 33.4 Å². The molecule has 3 N–H and O–H groups in total. The summed E-state index contributed by atoms with van der Waals surface area (Å²) in [5.74, 6) is -0.261. The van der Waals surface area contributed by atoms with Crippen LogP contribution >= 0.6 is 11.6 Å². The lowest BCUT2D eigenvalue weighted by Crippen LogP contribution is -2.45. The minimum absolute atomic E-state index is 0.150. The molecule has 0 aliphatic carbocycles. The van der Waals surface area contributed by atoms with Crippen LogP contribution in [0.1, 0.15) is 43.5 Å². The van der Waals surface area contributed by atoms with Crippen LogP contribution in [0, 0.1) is 5.82 Å². The smallest absolute Gasteiger partial charge is 0.338 e. The largest absolute Gasteiger partial charge is 0.493 e. The highest BCUT2D eigenvalue weighted by atomic mass is 35.5. The molecule has 1 atom stereocenters. The maximum Gasteiger partial charge on any atom is 0.338 e. The third kappa shape index (κ3) is 9.13. The molecule has 1 heterocycles. The zero-order chi connectivity index (χ0) is 33.9. The number of benzene rings is 3. The Labute approximate surface area is 275 Å². The number of nitrogens with zero attached hydrogens (tertiary/aromatic N) is 1. The van der Waals surface area contributed by atoms with Gasteiger partial charge in [0, 0.05) is 5.70 Å². The number of rotatable bonds is 14. The van der Waals surface area contributed by atoms with E-state index in [1.165, 1.54) is 25.5 Å². The number of amides is 3. The molecule has 0 fully saturated rings. The quantitative estimate of drug-likeness (QED) is 0.121. The number of hydrogen-bond acceptors (Lipinski definition) is 9. The first-order valence-corrected chi connectivity index (χ1v) is 14.9. The Morgan fingerprint density at radius 3 is 2.47 bits per heavy atom. The summed E-state index contributed by atoms with van der Waals surface area (Å²) in [7, 11) is 1.42. The molecule has 0 saturated heterocycles. The molecule has 0 radical (unpaired) electrons. The average molecular weight is 669 g/mol. The van der Waals surface area contributed by atoms with Crippen LogP contribution in [-0.4, -0.2) is 51.1 Å². The highest BCUT2D eigenvalue weighted by molar-refractivity contribution is 6.32. The molecular weight excluding hydrogens is 635 g/mol. The van der Waals surface area contributed by atoms with Gasteiger partial charge >= 0.3 is 12.0 Å². The van der Waals surface area contributed by atoms with Gasteiger partial charge in [0.2, 0.25) is 0 Å². The van der Waals surface area contributed by atoms with Gasteiger partial charge in [-0.05, 0) is 73.9 Å². The fraction of sp³-hybridized carbons (Fsp3) is 0.273. The van der Waals surface area contributed by atoms with Crippen molar-refractivity contribution in [3.8, 4) is 23.0 Å². The number of carbonyl (C=O) groups is 3. The number of ether oxygens (including phenoxy) is 5. The molecule has 248 valence electrons. The molecule has 47 heavy (non-hydrogen) atoms.